The van der Waals surface area contributed by atoms with E-state index < -0.39 is 4.92 Å². The average Bonchev–Trinajstić information content (AvgIpc) is 3.36. The Hall–Kier alpha value is -4.15. The molecule has 2 aromatic carbocycles. The van der Waals surface area contributed by atoms with Crippen LogP contribution in [0.4, 0.5) is 5.69 Å². The molecule has 1 unspecified atom stereocenters. The third-order valence-electron chi connectivity index (χ3n) is 5.65. The number of aromatic nitrogens is 2. The van der Waals surface area contributed by atoms with E-state index in [4.69, 9.17) is 18.7 Å². The van der Waals surface area contributed by atoms with E-state index in [0.29, 0.717) is 53.9 Å². The molecule has 0 aliphatic carbocycles. The summed E-state index contributed by atoms with van der Waals surface area (Å²) in [7, 11) is 4.56. The number of carbonyl (C=O) groups excluding carboxylic acids is 1. The smallest absolute Gasteiger partial charge is 0.270 e. The topological polar surface area (TPSA) is 130 Å². The number of rotatable bonds is 11. The number of nitrogens with zero attached hydrogens (tertiary/aromatic N) is 4. The van der Waals surface area contributed by atoms with Crippen LogP contribution in [0.15, 0.2) is 40.9 Å². The average molecular weight is 485 g/mol. The number of ether oxygens (including phenoxy) is 3. The van der Waals surface area contributed by atoms with E-state index in [-0.39, 0.29) is 23.2 Å². The Kier molecular flexibility index (Phi) is 8.24. The molecule has 1 atom stereocenters. The molecule has 0 aliphatic heterocycles. The van der Waals surface area contributed by atoms with Crippen LogP contribution >= 0.6 is 0 Å². The summed E-state index contributed by atoms with van der Waals surface area (Å²) in [5.41, 5.74) is 0.732. The van der Waals surface area contributed by atoms with Crippen LogP contribution in [0.5, 0.6) is 17.2 Å². The zero-order valence-corrected chi connectivity index (χ0v) is 20.3. The standard InChI is InChI=1S/C24H28N4O7/c1-6-15(2)27(24(29)16-8-7-9-18(12-16)28(30)31)11-10-21-25-23(26-35-21)17-13-19(32-3)22(34-5)20(14-17)33-4/h7-9,12-15H,6,10-11H2,1-5H3. The van der Waals surface area contributed by atoms with Crippen molar-refractivity contribution < 1.29 is 28.5 Å². The molecule has 0 saturated heterocycles. The first-order chi connectivity index (χ1) is 16.8. The molecule has 0 aliphatic rings. The number of methoxy groups -OCH3 is 3. The third-order valence-corrected chi connectivity index (χ3v) is 5.65. The van der Waals surface area contributed by atoms with Gasteiger partial charge < -0.3 is 23.6 Å². The fraction of sp³-hybridized carbons (Fsp3) is 0.375. The molecule has 11 nitrogen and oxygen atoms in total. The monoisotopic (exact) mass is 484 g/mol. The number of nitro groups is 1. The van der Waals surface area contributed by atoms with Gasteiger partial charge in [0.05, 0.1) is 26.3 Å². The highest BCUT2D eigenvalue weighted by Gasteiger charge is 2.23. The highest BCUT2D eigenvalue weighted by Crippen LogP contribution is 2.40. The molecule has 0 spiro atoms. The second kappa shape index (κ2) is 11.3. The van der Waals surface area contributed by atoms with E-state index in [1.54, 1.807) is 23.1 Å². The number of nitro benzene ring substituents is 1. The summed E-state index contributed by atoms with van der Waals surface area (Å²) in [6.45, 7) is 4.19. The van der Waals surface area contributed by atoms with Crippen molar-refractivity contribution in [2.24, 2.45) is 0 Å². The quantitative estimate of drug-likeness (QED) is 0.291. The Morgan fingerprint density at radius 2 is 1.83 bits per heavy atom. The van der Waals surface area contributed by atoms with Gasteiger partial charge in [-0.25, -0.2) is 0 Å². The molecule has 0 radical (unpaired) electrons. The lowest BCUT2D eigenvalue weighted by Gasteiger charge is -2.28. The minimum Gasteiger partial charge on any atom is -0.493 e. The largest absolute Gasteiger partial charge is 0.493 e. The molecule has 1 heterocycles. The van der Waals surface area contributed by atoms with Gasteiger partial charge in [0.1, 0.15) is 0 Å². The Morgan fingerprint density at radius 1 is 1.14 bits per heavy atom. The minimum atomic E-state index is -0.520. The summed E-state index contributed by atoms with van der Waals surface area (Å²) in [5.74, 6) is 1.74. The van der Waals surface area contributed by atoms with Crippen LogP contribution in [0.1, 0.15) is 36.5 Å². The Bertz CT molecular complexity index is 1170. The predicted molar refractivity (Wildman–Crippen MR) is 127 cm³/mol. The van der Waals surface area contributed by atoms with Gasteiger partial charge in [-0.1, -0.05) is 18.1 Å². The summed E-state index contributed by atoms with van der Waals surface area (Å²) in [4.78, 5) is 29.9. The van der Waals surface area contributed by atoms with Crippen LogP contribution in [-0.2, 0) is 6.42 Å². The maximum Gasteiger partial charge on any atom is 0.270 e. The molecular formula is C24H28N4O7. The summed E-state index contributed by atoms with van der Waals surface area (Å²) in [5, 5.41) is 15.2. The summed E-state index contributed by atoms with van der Waals surface area (Å²) < 4.78 is 21.5. The molecule has 0 N–H and O–H groups in total. The zero-order chi connectivity index (χ0) is 25.5. The summed E-state index contributed by atoms with van der Waals surface area (Å²) >= 11 is 0. The maximum absolute atomic E-state index is 13.2. The molecule has 1 aromatic heterocycles. The fourth-order valence-corrected chi connectivity index (χ4v) is 3.56. The Morgan fingerprint density at radius 3 is 2.40 bits per heavy atom. The van der Waals surface area contributed by atoms with Crippen molar-refractivity contribution >= 4 is 11.6 Å². The predicted octanol–water partition coefficient (Wildman–Crippen LogP) is 4.15. The van der Waals surface area contributed by atoms with Gasteiger partial charge in [-0.15, -0.1) is 0 Å². The van der Waals surface area contributed by atoms with Gasteiger partial charge in [0, 0.05) is 42.3 Å². The van der Waals surface area contributed by atoms with Crippen LogP contribution in [0.25, 0.3) is 11.4 Å². The van der Waals surface area contributed by atoms with Crippen LogP contribution < -0.4 is 14.2 Å². The third kappa shape index (κ3) is 5.68. The van der Waals surface area contributed by atoms with Crippen molar-refractivity contribution in [3.63, 3.8) is 0 Å². The number of amides is 1. The molecule has 186 valence electrons. The van der Waals surface area contributed by atoms with Crippen molar-refractivity contribution in [2.75, 3.05) is 27.9 Å². The molecule has 11 heteroatoms. The number of hydrogen-bond acceptors (Lipinski definition) is 9. The highest BCUT2D eigenvalue weighted by atomic mass is 16.6. The Balaban J connectivity index is 1.81. The molecule has 0 saturated carbocycles. The van der Waals surface area contributed by atoms with E-state index >= 15 is 0 Å². The fourth-order valence-electron chi connectivity index (χ4n) is 3.56. The molecular weight excluding hydrogens is 456 g/mol. The van der Waals surface area contributed by atoms with Gasteiger partial charge >= 0.3 is 0 Å². The highest BCUT2D eigenvalue weighted by molar-refractivity contribution is 5.95. The van der Waals surface area contributed by atoms with E-state index in [2.05, 4.69) is 10.1 Å². The maximum atomic E-state index is 13.2. The van der Waals surface area contributed by atoms with Crippen molar-refractivity contribution in [1.82, 2.24) is 15.0 Å². The van der Waals surface area contributed by atoms with Crippen molar-refractivity contribution in [2.45, 2.75) is 32.7 Å². The molecule has 3 rings (SSSR count). The molecule has 1 amide bonds. The molecule has 0 bridgehead atoms. The normalized spacial score (nSPS) is 11.6. The van der Waals surface area contributed by atoms with Crippen LogP contribution in [-0.4, -0.2) is 59.8 Å². The first kappa shape index (κ1) is 25.5. The van der Waals surface area contributed by atoms with Gasteiger partial charge in [0.25, 0.3) is 11.6 Å². The molecule has 3 aromatic rings. The number of carbonyl (C=O) groups is 1. The van der Waals surface area contributed by atoms with E-state index in [9.17, 15) is 14.9 Å². The zero-order valence-electron chi connectivity index (χ0n) is 20.3. The van der Waals surface area contributed by atoms with Crippen LogP contribution in [0.2, 0.25) is 0 Å². The first-order valence-electron chi connectivity index (χ1n) is 11.0. The second-order valence-electron chi connectivity index (χ2n) is 7.74. The minimum absolute atomic E-state index is 0.0979. The first-order valence-corrected chi connectivity index (χ1v) is 11.0. The molecule has 0 fully saturated rings. The van der Waals surface area contributed by atoms with Crippen molar-refractivity contribution in [3.05, 3.63) is 58.0 Å². The van der Waals surface area contributed by atoms with E-state index in [0.717, 1.165) is 0 Å². The lowest BCUT2D eigenvalue weighted by atomic mass is 10.1. The van der Waals surface area contributed by atoms with Gasteiger partial charge in [-0.05, 0) is 31.5 Å². The number of non-ortho nitro benzene ring substituents is 1. The Labute approximate surface area is 202 Å². The van der Waals surface area contributed by atoms with Gasteiger partial charge in [-0.2, -0.15) is 4.98 Å². The van der Waals surface area contributed by atoms with Gasteiger partial charge in [0.15, 0.2) is 11.5 Å². The summed E-state index contributed by atoms with van der Waals surface area (Å²) in [6.07, 6.45) is 1.02. The summed E-state index contributed by atoms with van der Waals surface area (Å²) in [6, 6.07) is 9.04. The van der Waals surface area contributed by atoms with Gasteiger partial charge in [0.2, 0.25) is 17.5 Å². The van der Waals surface area contributed by atoms with E-state index in [1.165, 1.54) is 39.5 Å². The lowest BCUT2D eigenvalue weighted by Crippen LogP contribution is -2.39. The van der Waals surface area contributed by atoms with Gasteiger partial charge in [-0.3, -0.25) is 14.9 Å². The van der Waals surface area contributed by atoms with Crippen molar-refractivity contribution in [3.8, 4) is 28.6 Å². The second-order valence-corrected chi connectivity index (χ2v) is 7.74. The van der Waals surface area contributed by atoms with Crippen LogP contribution in [0, 0.1) is 10.1 Å². The number of benzene rings is 2. The van der Waals surface area contributed by atoms with Crippen LogP contribution in [0.3, 0.4) is 0 Å². The van der Waals surface area contributed by atoms with E-state index in [1.807, 2.05) is 13.8 Å². The SMILES string of the molecule is CCC(C)N(CCc1nc(-c2cc(OC)c(OC)c(OC)c2)no1)C(=O)c1cccc([N+](=O)[O-])c1. The number of hydrogen-bond donors (Lipinski definition) is 0. The lowest BCUT2D eigenvalue weighted by molar-refractivity contribution is -0.384. The van der Waals surface area contributed by atoms with Crippen molar-refractivity contribution in [1.29, 1.82) is 0 Å². The molecule has 35 heavy (non-hydrogen) atoms.